The lowest BCUT2D eigenvalue weighted by Crippen LogP contribution is -2.08. The van der Waals surface area contributed by atoms with Gasteiger partial charge in [-0.1, -0.05) is 5.21 Å². The zero-order valence-electron chi connectivity index (χ0n) is 8.63. The van der Waals surface area contributed by atoms with Crippen LogP contribution in [0.5, 0.6) is 0 Å². The smallest absolute Gasteiger partial charge is 0.258 e. The highest BCUT2D eigenvalue weighted by Crippen LogP contribution is 2.33. The second-order valence-electron chi connectivity index (χ2n) is 3.31. The highest BCUT2D eigenvalue weighted by Gasteiger charge is 2.33. The molecule has 0 saturated carbocycles. The molecular formula is C9H5F3N4O2. The highest BCUT2D eigenvalue weighted by molar-refractivity contribution is 5.54. The lowest BCUT2D eigenvalue weighted by Gasteiger charge is -2.08. The molecule has 6 nitrogen and oxygen atoms in total. The summed E-state index contributed by atoms with van der Waals surface area (Å²) < 4.78 is 38.4. The molecule has 2 aromatic rings. The number of halogens is 3. The summed E-state index contributed by atoms with van der Waals surface area (Å²) >= 11 is 0. The zero-order chi connectivity index (χ0) is 13.3. The molecule has 0 unspecified atom stereocenters. The van der Waals surface area contributed by atoms with E-state index in [2.05, 4.69) is 10.3 Å². The van der Waals surface area contributed by atoms with E-state index in [0.717, 1.165) is 16.8 Å². The van der Waals surface area contributed by atoms with Gasteiger partial charge in [0.15, 0.2) is 0 Å². The Labute approximate surface area is 97.8 Å². The summed E-state index contributed by atoms with van der Waals surface area (Å²) in [6.45, 7) is 0. The Balaban J connectivity index is 2.59. The molecule has 2 rings (SSSR count). The Bertz CT molecular complexity index is 580. The summed E-state index contributed by atoms with van der Waals surface area (Å²) in [7, 11) is 0. The number of benzene rings is 1. The van der Waals surface area contributed by atoms with Crippen molar-refractivity contribution in [3.05, 3.63) is 46.3 Å². The van der Waals surface area contributed by atoms with Gasteiger partial charge >= 0.3 is 6.18 Å². The van der Waals surface area contributed by atoms with Crippen LogP contribution in [-0.2, 0) is 6.18 Å². The van der Waals surface area contributed by atoms with Gasteiger partial charge in [0.25, 0.3) is 5.69 Å². The third-order valence-electron chi connectivity index (χ3n) is 2.17. The van der Waals surface area contributed by atoms with Crippen LogP contribution in [0.2, 0.25) is 0 Å². The normalized spacial score (nSPS) is 11.5. The number of aromatic nitrogens is 3. The van der Waals surface area contributed by atoms with Gasteiger partial charge in [-0.3, -0.25) is 10.1 Å². The average Bonchev–Trinajstić information content (AvgIpc) is 2.80. The van der Waals surface area contributed by atoms with E-state index >= 15 is 0 Å². The summed E-state index contributed by atoms with van der Waals surface area (Å²) in [6.07, 6.45) is -2.07. The van der Waals surface area contributed by atoms with Gasteiger partial charge < -0.3 is 0 Å². The third kappa shape index (κ3) is 2.14. The minimum absolute atomic E-state index is 0.0782. The van der Waals surface area contributed by atoms with Crippen LogP contribution in [0.15, 0.2) is 30.6 Å². The van der Waals surface area contributed by atoms with Crippen LogP contribution in [-0.4, -0.2) is 19.9 Å². The van der Waals surface area contributed by atoms with E-state index in [4.69, 9.17) is 0 Å². The maximum Gasteiger partial charge on any atom is 0.416 e. The summed E-state index contributed by atoms with van der Waals surface area (Å²) in [5.74, 6) is 0. The third-order valence-corrected chi connectivity index (χ3v) is 2.17. The number of nitrogens with zero attached hydrogens (tertiary/aromatic N) is 4. The molecule has 0 bridgehead atoms. The monoisotopic (exact) mass is 258 g/mol. The van der Waals surface area contributed by atoms with Crippen LogP contribution in [0.25, 0.3) is 5.69 Å². The molecule has 0 amide bonds. The topological polar surface area (TPSA) is 73.8 Å². The van der Waals surface area contributed by atoms with Gasteiger partial charge in [0.1, 0.15) is 5.69 Å². The van der Waals surface area contributed by atoms with Crippen molar-refractivity contribution in [1.29, 1.82) is 0 Å². The summed E-state index contributed by atoms with van der Waals surface area (Å²) in [5, 5.41) is 17.7. The fourth-order valence-corrected chi connectivity index (χ4v) is 1.38. The van der Waals surface area contributed by atoms with Crippen molar-refractivity contribution in [2.75, 3.05) is 0 Å². The van der Waals surface area contributed by atoms with Gasteiger partial charge in [0.2, 0.25) is 0 Å². The second kappa shape index (κ2) is 4.09. The van der Waals surface area contributed by atoms with Crippen molar-refractivity contribution in [3.8, 4) is 5.69 Å². The minimum atomic E-state index is -4.63. The Hall–Kier alpha value is -2.45. The van der Waals surface area contributed by atoms with Crippen LogP contribution >= 0.6 is 0 Å². The van der Waals surface area contributed by atoms with Crippen molar-refractivity contribution in [3.63, 3.8) is 0 Å². The number of nitro benzene ring substituents is 1. The maximum absolute atomic E-state index is 12.4. The molecule has 0 spiro atoms. The van der Waals surface area contributed by atoms with E-state index in [9.17, 15) is 23.3 Å². The molecule has 0 atom stereocenters. The number of nitro groups is 1. The molecule has 0 aliphatic carbocycles. The van der Waals surface area contributed by atoms with Crippen molar-refractivity contribution in [2.45, 2.75) is 6.18 Å². The van der Waals surface area contributed by atoms with Crippen molar-refractivity contribution in [2.24, 2.45) is 0 Å². The number of alkyl halides is 3. The highest BCUT2D eigenvalue weighted by atomic mass is 19.4. The average molecular weight is 258 g/mol. The van der Waals surface area contributed by atoms with Gasteiger partial charge in [-0.25, -0.2) is 4.68 Å². The number of hydrogen-bond acceptors (Lipinski definition) is 4. The van der Waals surface area contributed by atoms with Crippen LogP contribution < -0.4 is 0 Å². The van der Waals surface area contributed by atoms with Crippen molar-refractivity contribution in [1.82, 2.24) is 15.0 Å². The van der Waals surface area contributed by atoms with Gasteiger partial charge in [-0.15, -0.1) is 5.10 Å². The molecule has 0 N–H and O–H groups in total. The van der Waals surface area contributed by atoms with E-state index in [1.54, 1.807) is 0 Å². The molecule has 0 saturated heterocycles. The molecule has 1 aromatic heterocycles. The quantitative estimate of drug-likeness (QED) is 0.611. The number of rotatable bonds is 2. The van der Waals surface area contributed by atoms with Gasteiger partial charge in [0, 0.05) is 6.07 Å². The fourth-order valence-electron chi connectivity index (χ4n) is 1.38. The van der Waals surface area contributed by atoms with Gasteiger partial charge in [0.05, 0.1) is 22.9 Å². The standard InChI is InChI=1S/C9H5F3N4O2/c10-9(11,12)6-1-2-7(8(5-6)16(17)18)15-4-3-13-14-15/h1-5H. The Morgan fingerprint density at radius 3 is 2.56 bits per heavy atom. The van der Waals surface area contributed by atoms with Crippen LogP contribution in [0.1, 0.15) is 5.56 Å². The van der Waals surface area contributed by atoms with E-state index in [1.165, 1.54) is 12.4 Å². The predicted octanol–water partition coefficient (Wildman–Crippen LogP) is 2.19. The minimum Gasteiger partial charge on any atom is -0.258 e. The van der Waals surface area contributed by atoms with Crippen molar-refractivity contribution >= 4 is 5.69 Å². The van der Waals surface area contributed by atoms with E-state index in [1.807, 2.05) is 0 Å². The molecule has 18 heavy (non-hydrogen) atoms. The van der Waals surface area contributed by atoms with Crippen LogP contribution in [0.4, 0.5) is 18.9 Å². The first-order valence-electron chi connectivity index (χ1n) is 4.62. The molecule has 1 aromatic carbocycles. The Morgan fingerprint density at radius 2 is 2.06 bits per heavy atom. The maximum atomic E-state index is 12.4. The lowest BCUT2D eigenvalue weighted by molar-refractivity contribution is -0.384. The molecule has 0 aliphatic rings. The zero-order valence-corrected chi connectivity index (χ0v) is 8.63. The molecule has 0 fully saturated rings. The SMILES string of the molecule is O=[N+]([O-])c1cc(C(F)(F)F)ccc1-n1ccnn1. The summed E-state index contributed by atoms with van der Waals surface area (Å²) in [6, 6.07) is 2.21. The molecule has 94 valence electrons. The van der Waals surface area contributed by atoms with Crippen LogP contribution in [0.3, 0.4) is 0 Å². The Kier molecular flexibility index (Phi) is 2.73. The van der Waals surface area contributed by atoms with Gasteiger partial charge in [-0.2, -0.15) is 13.2 Å². The predicted molar refractivity (Wildman–Crippen MR) is 53.0 cm³/mol. The molecule has 0 radical (unpaired) electrons. The molecule has 9 heteroatoms. The summed E-state index contributed by atoms with van der Waals surface area (Å²) in [4.78, 5) is 9.88. The Morgan fingerprint density at radius 1 is 1.33 bits per heavy atom. The molecule has 0 aliphatic heterocycles. The number of hydrogen-bond donors (Lipinski definition) is 0. The molecule has 1 heterocycles. The first-order chi connectivity index (χ1) is 8.39. The second-order valence-corrected chi connectivity index (χ2v) is 3.31. The molecular weight excluding hydrogens is 253 g/mol. The first kappa shape index (κ1) is 12.0. The van der Waals surface area contributed by atoms with E-state index in [0.29, 0.717) is 6.07 Å². The van der Waals surface area contributed by atoms with Crippen molar-refractivity contribution < 1.29 is 18.1 Å². The summed E-state index contributed by atoms with van der Waals surface area (Å²) in [5.41, 5.74) is -1.85. The van der Waals surface area contributed by atoms with Gasteiger partial charge in [-0.05, 0) is 12.1 Å². The fraction of sp³-hybridized carbons (Fsp3) is 0.111. The van der Waals surface area contributed by atoms with E-state index < -0.39 is 22.4 Å². The van der Waals surface area contributed by atoms with E-state index in [-0.39, 0.29) is 5.69 Å². The van der Waals surface area contributed by atoms with Crippen LogP contribution in [0, 0.1) is 10.1 Å². The largest absolute Gasteiger partial charge is 0.416 e. The first-order valence-corrected chi connectivity index (χ1v) is 4.62. The lowest BCUT2D eigenvalue weighted by atomic mass is 10.1.